The normalized spacial score (nSPS) is 16.4. The zero-order chi connectivity index (χ0) is 13.2. The summed E-state index contributed by atoms with van der Waals surface area (Å²) < 4.78 is 0. The Morgan fingerprint density at radius 2 is 2.11 bits per heavy atom. The number of amides is 1. The van der Waals surface area contributed by atoms with Gasteiger partial charge in [-0.1, -0.05) is 12.1 Å². The molecule has 2 rings (SSSR count). The first kappa shape index (κ1) is 13.4. The quantitative estimate of drug-likeness (QED) is 0.812. The van der Waals surface area contributed by atoms with E-state index in [4.69, 9.17) is 11.6 Å². The molecule has 0 aliphatic heterocycles. The van der Waals surface area contributed by atoms with Crippen LogP contribution in [0.4, 0.5) is 0 Å². The molecule has 0 spiro atoms. The summed E-state index contributed by atoms with van der Waals surface area (Å²) in [4.78, 5) is 12.2. The second-order valence-corrected chi connectivity index (χ2v) is 5.75. The highest BCUT2D eigenvalue weighted by molar-refractivity contribution is 6.17. The fourth-order valence-corrected chi connectivity index (χ4v) is 2.65. The van der Waals surface area contributed by atoms with Gasteiger partial charge >= 0.3 is 0 Å². The van der Waals surface area contributed by atoms with Crippen LogP contribution < -0.4 is 5.32 Å². The van der Waals surface area contributed by atoms with Gasteiger partial charge in [0.25, 0.3) is 5.91 Å². The van der Waals surface area contributed by atoms with Crippen molar-refractivity contribution in [2.24, 2.45) is 5.41 Å². The molecule has 1 fully saturated rings. The highest BCUT2D eigenvalue weighted by atomic mass is 35.5. The molecule has 3 heteroatoms. The molecule has 0 aromatic heterocycles. The first-order chi connectivity index (χ1) is 8.58. The van der Waals surface area contributed by atoms with Gasteiger partial charge in [-0.3, -0.25) is 4.79 Å². The molecule has 1 N–H and O–H groups in total. The Kier molecular flexibility index (Phi) is 3.96. The Labute approximate surface area is 114 Å². The average Bonchev–Trinajstić information content (AvgIpc) is 3.11. The smallest absolute Gasteiger partial charge is 0.251 e. The van der Waals surface area contributed by atoms with Crippen molar-refractivity contribution in [3.63, 3.8) is 0 Å². The van der Waals surface area contributed by atoms with Crippen LogP contribution in [0.3, 0.4) is 0 Å². The predicted molar refractivity (Wildman–Crippen MR) is 75.3 cm³/mol. The number of benzene rings is 1. The number of hydrogen-bond donors (Lipinski definition) is 1. The van der Waals surface area contributed by atoms with Gasteiger partial charge in [0.1, 0.15) is 0 Å². The van der Waals surface area contributed by atoms with Crippen molar-refractivity contribution < 1.29 is 4.79 Å². The lowest BCUT2D eigenvalue weighted by Crippen LogP contribution is -2.31. The summed E-state index contributed by atoms with van der Waals surface area (Å²) in [6, 6.07) is 5.85. The van der Waals surface area contributed by atoms with Crippen molar-refractivity contribution in [2.75, 3.05) is 12.4 Å². The van der Waals surface area contributed by atoms with Gasteiger partial charge in [-0.15, -0.1) is 11.6 Å². The number of aryl methyl sites for hydroxylation is 1. The van der Waals surface area contributed by atoms with Crippen LogP contribution in [0.25, 0.3) is 0 Å². The van der Waals surface area contributed by atoms with E-state index in [1.807, 2.05) is 32.0 Å². The zero-order valence-electron chi connectivity index (χ0n) is 11.1. The van der Waals surface area contributed by atoms with Crippen LogP contribution in [0.1, 0.15) is 40.7 Å². The molecule has 0 bridgehead atoms. The van der Waals surface area contributed by atoms with Gasteiger partial charge in [-0.2, -0.15) is 0 Å². The lowest BCUT2D eigenvalue weighted by molar-refractivity contribution is 0.0943. The molecule has 1 aromatic rings. The van der Waals surface area contributed by atoms with E-state index >= 15 is 0 Å². The van der Waals surface area contributed by atoms with Crippen LogP contribution in [0.5, 0.6) is 0 Å². The molecule has 18 heavy (non-hydrogen) atoms. The summed E-state index contributed by atoms with van der Waals surface area (Å²) in [5, 5.41) is 3.06. The number of rotatable bonds is 5. The van der Waals surface area contributed by atoms with Crippen molar-refractivity contribution in [3.05, 3.63) is 34.9 Å². The van der Waals surface area contributed by atoms with Crippen molar-refractivity contribution >= 4 is 17.5 Å². The van der Waals surface area contributed by atoms with Crippen molar-refractivity contribution in [1.82, 2.24) is 5.32 Å². The van der Waals surface area contributed by atoms with E-state index in [2.05, 4.69) is 5.32 Å². The van der Waals surface area contributed by atoms with E-state index in [1.54, 1.807) is 0 Å². The van der Waals surface area contributed by atoms with E-state index < -0.39 is 0 Å². The van der Waals surface area contributed by atoms with Crippen LogP contribution in [0, 0.1) is 19.3 Å². The average molecular weight is 266 g/mol. The van der Waals surface area contributed by atoms with Crippen molar-refractivity contribution in [1.29, 1.82) is 0 Å². The SMILES string of the molecule is Cc1cccc(C(=O)NCC2(CCCl)CC2)c1C. The Morgan fingerprint density at radius 3 is 2.72 bits per heavy atom. The molecule has 1 aliphatic rings. The Bertz CT molecular complexity index is 452. The van der Waals surface area contributed by atoms with Crippen LogP contribution in [0.15, 0.2) is 18.2 Å². The number of carbonyl (C=O) groups excluding carboxylic acids is 1. The molecule has 1 saturated carbocycles. The lowest BCUT2D eigenvalue weighted by Gasteiger charge is -2.15. The number of alkyl halides is 1. The maximum Gasteiger partial charge on any atom is 0.251 e. The topological polar surface area (TPSA) is 29.1 Å². The standard InChI is InChI=1S/C15H20ClNO/c1-11-4-3-5-13(12(11)2)14(18)17-10-15(6-7-15)8-9-16/h3-5H,6-10H2,1-2H3,(H,17,18). The van der Waals surface area contributed by atoms with Gasteiger partial charge in [0.15, 0.2) is 0 Å². The third-order valence-corrected chi connectivity index (χ3v) is 4.24. The van der Waals surface area contributed by atoms with Gasteiger partial charge in [0.2, 0.25) is 0 Å². The molecule has 2 nitrogen and oxygen atoms in total. The number of carbonyl (C=O) groups is 1. The van der Waals surface area contributed by atoms with Gasteiger partial charge in [0.05, 0.1) is 0 Å². The number of halogens is 1. The van der Waals surface area contributed by atoms with Gasteiger partial charge in [-0.25, -0.2) is 0 Å². The molecule has 0 unspecified atom stereocenters. The van der Waals surface area contributed by atoms with E-state index in [0.717, 1.165) is 29.7 Å². The van der Waals surface area contributed by atoms with E-state index in [9.17, 15) is 4.79 Å². The monoisotopic (exact) mass is 265 g/mol. The summed E-state index contributed by atoms with van der Waals surface area (Å²) in [7, 11) is 0. The second kappa shape index (κ2) is 5.31. The molecular weight excluding hydrogens is 246 g/mol. The largest absolute Gasteiger partial charge is 0.351 e. The first-order valence-electron chi connectivity index (χ1n) is 6.48. The molecule has 0 atom stereocenters. The Balaban J connectivity index is 1.98. The maximum absolute atomic E-state index is 12.2. The fourth-order valence-electron chi connectivity index (χ4n) is 2.25. The number of hydrogen-bond acceptors (Lipinski definition) is 1. The van der Waals surface area contributed by atoms with E-state index in [0.29, 0.717) is 5.88 Å². The molecule has 1 aromatic carbocycles. The molecule has 1 aliphatic carbocycles. The van der Waals surface area contributed by atoms with Crippen LogP contribution >= 0.6 is 11.6 Å². The van der Waals surface area contributed by atoms with Crippen LogP contribution in [-0.2, 0) is 0 Å². The zero-order valence-corrected chi connectivity index (χ0v) is 11.8. The molecule has 98 valence electrons. The van der Waals surface area contributed by atoms with E-state index in [1.165, 1.54) is 12.8 Å². The maximum atomic E-state index is 12.2. The predicted octanol–water partition coefficient (Wildman–Crippen LogP) is 3.44. The minimum atomic E-state index is 0.0389. The van der Waals surface area contributed by atoms with Crippen LogP contribution in [0.2, 0.25) is 0 Å². The molecule has 0 saturated heterocycles. The minimum Gasteiger partial charge on any atom is -0.351 e. The van der Waals surface area contributed by atoms with Gasteiger partial charge in [0, 0.05) is 18.0 Å². The lowest BCUT2D eigenvalue weighted by atomic mass is 10.0. The molecule has 0 radical (unpaired) electrons. The highest BCUT2D eigenvalue weighted by Crippen LogP contribution is 2.48. The van der Waals surface area contributed by atoms with Crippen molar-refractivity contribution in [3.8, 4) is 0 Å². The molecule has 1 amide bonds. The van der Waals surface area contributed by atoms with Crippen molar-refractivity contribution in [2.45, 2.75) is 33.1 Å². The van der Waals surface area contributed by atoms with Gasteiger partial charge < -0.3 is 5.32 Å². The van der Waals surface area contributed by atoms with Crippen LogP contribution in [-0.4, -0.2) is 18.3 Å². The third kappa shape index (κ3) is 2.86. The summed E-state index contributed by atoms with van der Waals surface area (Å²) in [5.41, 5.74) is 3.30. The summed E-state index contributed by atoms with van der Waals surface area (Å²) in [5.74, 6) is 0.719. The fraction of sp³-hybridized carbons (Fsp3) is 0.533. The summed E-state index contributed by atoms with van der Waals surface area (Å²) in [6.45, 7) is 4.78. The Hall–Kier alpha value is -1.02. The molecule has 0 heterocycles. The van der Waals surface area contributed by atoms with E-state index in [-0.39, 0.29) is 11.3 Å². The van der Waals surface area contributed by atoms with Gasteiger partial charge in [-0.05, 0) is 55.7 Å². The third-order valence-electron chi connectivity index (χ3n) is 4.06. The first-order valence-corrected chi connectivity index (χ1v) is 7.02. The number of nitrogens with one attached hydrogen (secondary N) is 1. The highest BCUT2D eigenvalue weighted by Gasteiger charge is 2.41. The minimum absolute atomic E-state index is 0.0389. The second-order valence-electron chi connectivity index (χ2n) is 5.37. The summed E-state index contributed by atoms with van der Waals surface area (Å²) >= 11 is 5.79. The summed E-state index contributed by atoms with van der Waals surface area (Å²) in [6.07, 6.45) is 3.38. The Morgan fingerprint density at radius 1 is 1.39 bits per heavy atom. The molecular formula is C15H20ClNO.